The monoisotopic (exact) mass is 226 g/mol. The molecular weight excluding hydrogens is 212 g/mol. The van der Waals surface area contributed by atoms with Crippen LogP contribution in [0, 0.1) is 0 Å². The van der Waals surface area contributed by atoms with Crippen molar-refractivity contribution in [2.24, 2.45) is 0 Å². The third kappa shape index (κ3) is 2.26. The predicted octanol–water partition coefficient (Wildman–Crippen LogP) is 3.05. The molecule has 0 unspecified atom stereocenters. The highest BCUT2D eigenvalue weighted by molar-refractivity contribution is 5.44. The van der Waals surface area contributed by atoms with Gasteiger partial charge in [-0.1, -0.05) is 36.4 Å². The molecule has 0 aromatic heterocycles. The molecular formula is C15H14O2. The van der Waals surface area contributed by atoms with Gasteiger partial charge in [0, 0.05) is 0 Å². The van der Waals surface area contributed by atoms with Crippen molar-refractivity contribution in [3.63, 3.8) is 0 Å². The number of rotatable bonds is 2. The van der Waals surface area contributed by atoms with Crippen LogP contribution in [0.25, 0.3) is 0 Å². The molecule has 0 amide bonds. The van der Waals surface area contributed by atoms with Crippen molar-refractivity contribution in [1.82, 2.24) is 0 Å². The van der Waals surface area contributed by atoms with Crippen molar-refractivity contribution in [3.05, 3.63) is 59.7 Å². The Labute approximate surface area is 101 Å². The van der Waals surface area contributed by atoms with Crippen LogP contribution in [0.1, 0.15) is 11.1 Å². The van der Waals surface area contributed by atoms with Gasteiger partial charge in [-0.25, -0.2) is 0 Å². The molecule has 0 saturated heterocycles. The lowest BCUT2D eigenvalue weighted by atomic mass is 10.0. The van der Waals surface area contributed by atoms with Crippen molar-refractivity contribution in [1.29, 1.82) is 0 Å². The topological polar surface area (TPSA) is 18.5 Å². The fourth-order valence-corrected chi connectivity index (χ4v) is 2.03. The summed E-state index contributed by atoms with van der Waals surface area (Å²) in [5.74, 6) is 1.72. The third-order valence-electron chi connectivity index (χ3n) is 2.86. The van der Waals surface area contributed by atoms with E-state index in [0.29, 0.717) is 13.2 Å². The van der Waals surface area contributed by atoms with E-state index in [-0.39, 0.29) is 0 Å². The van der Waals surface area contributed by atoms with E-state index in [1.807, 2.05) is 12.1 Å². The second-order valence-corrected chi connectivity index (χ2v) is 4.14. The van der Waals surface area contributed by atoms with Crippen LogP contribution in [0.5, 0.6) is 11.5 Å². The van der Waals surface area contributed by atoms with Crippen LogP contribution in [0.4, 0.5) is 0 Å². The summed E-state index contributed by atoms with van der Waals surface area (Å²) >= 11 is 0. The van der Waals surface area contributed by atoms with Crippen LogP contribution in [0.2, 0.25) is 0 Å². The van der Waals surface area contributed by atoms with Gasteiger partial charge in [0.05, 0.1) is 0 Å². The molecule has 0 saturated carbocycles. The van der Waals surface area contributed by atoms with Crippen molar-refractivity contribution in [2.45, 2.75) is 6.42 Å². The first-order chi connectivity index (χ1) is 8.42. The Morgan fingerprint density at radius 3 is 2.35 bits per heavy atom. The predicted molar refractivity (Wildman–Crippen MR) is 66.7 cm³/mol. The molecule has 0 aliphatic carbocycles. The molecule has 0 spiro atoms. The third-order valence-corrected chi connectivity index (χ3v) is 2.86. The minimum atomic E-state index is 0.641. The molecule has 0 N–H and O–H groups in total. The van der Waals surface area contributed by atoms with Gasteiger partial charge in [-0.05, 0) is 29.7 Å². The second-order valence-electron chi connectivity index (χ2n) is 4.14. The van der Waals surface area contributed by atoms with Crippen LogP contribution in [0.3, 0.4) is 0 Å². The van der Waals surface area contributed by atoms with E-state index in [4.69, 9.17) is 9.47 Å². The maximum absolute atomic E-state index is 5.58. The molecule has 0 fully saturated rings. The van der Waals surface area contributed by atoms with Gasteiger partial charge in [0.25, 0.3) is 0 Å². The van der Waals surface area contributed by atoms with Gasteiger partial charge in [0.2, 0.25) is 0 Å². The zero-order valence-electron chi connectivity index (χ0n) is 9.56. The first kappa shape index (κ1) is 10.2. The first-order valence-corrected chi connectivity index (χ1v) is 5.84. The molecule has 3 rings (SSSR count). The van der Waals surface area contributed by atoms with E-state index in [1.54, 1.807) is 0 Å². The normalized spacial score (nSPS) is 13.4. The molecule has 2 aromatic rings. The van der Waals surface area contributed by atoms with Gasteiger partial charge in [-0.3, -0.25) is 0 Å². The Morgan fingerprint density at radius 1 is 0.765 bits per heavy atom. The molecule has 86 valence electrons. The van der Waals surface area contributed by atoms with E-state index in [2.05, 4.69) is 36.4 Å². The Morgan fingerprint density at radius 2 is 1.53 bits per heavy atom. The Balaban J connectivity index is 1.84. The van der Waals surface area contributed by atoms with E-state index in [9.17, 15) is 0 Å². The summed E-state index contributed by atoms with van der Waals surface area (Å²) in [5.41, 5.74) is 2.56. The number of hydrogen-bond acceptors (Lipinski definition) is 2. The summed E-state index contributed by atoms with van der Waals surface area (Å²) < 4.78 is 11.1. The molecule has 0 atom stereocenters. The van der Waals surface area contributed by atoms with Crippen molar-refractivity contribution >= 4 is 0 Å². The molecule has 1 heterocycles. The van der Waals surface area contributed by atoms with Crippen molar-refractivity contribution in [2.75, 3.05) is 13.2 Å². The minimum absolute atomic E-state index is 0.641. The molecule has 17 heavy (non-hydrogen) atoms. The lowest BCUT2D eigenvalue weighted by molar-refractivity contribution is 0.171. The van der Waals surface area contributed by atoms with E-state index >= 15 is 0 Å². The number of ether oxygens (including phenoxy) is 2. The SMILES string of the molecule is c1ccc(Cc2ccc3c(c2)OCCO3)cc1. The second kappa shape index (κ2) is 4.50. The van der Waals surface area contributed by atoms with Crippen molar-refractivity contribution in [3.8, 4) is 11.5 Å². The number of hydrogen-bond donors (Lipinski definition) is 0. The van der Waals surface area contributed by atoms with Crippen LogP contribution >= 0.6 is 0 Å². The van der Waals surface area contributed by atoms with E-state index in [1.165, 1.54) is 11.1 Å². The fourth-order valence-electron chi connectivity index (χ4n) is 2.03. The fraction of sp³-hybridized carbons (Fsp3) is 0.200. The Bertz CT molecular complexity index is 506. The lowest BCUT2D eigenvalue weighted by Gasteiger charge is -2.18. The van der Waals surface area contributed by atoms with Gasteiger partial charge < -0.3 is 9.47 Å². The summed E-state index contributed by atoms with van der Waals surface area (Å²) in [6.07, 6.45) is 0.928. The molecule has 0 radical (unpaired) electrons. The van der Waals surface area contributed by atoms with E-state index in [0.717, 1.165) is 17.9 Å². The molecule has 2 aromatic carbocycles. The summed E-state index contributed by atoms with van der Waals surface area (Å²) in [5, 5.41) is 0. The number of fused-ring (bicyclic) bond motifs is 1. The smallest absolute Gasteiger partial charge is 0.161 e. The summed E-state index contributed by atoms with van der Waals surface area (Å²) in [7, 11) is 0. The van der Waals surface area contributed by atoms with Crippen LogP contribution < -0.4 is 9.47 Å². The zero-order valence-corrected chi connectivity index (χ0v) is 9.56. The average molecular weight is 226 g/mol. The molecule has 1 aliphatic rings. The Kier molecular flexibility index (Phi) is 2.70. The van der Waals surface area contributed by atoms with E-state index < -0.39 is 0 Å². The minimum Gasteiger partial charge on any atom is -0.486 e. The average Bonchev–Trinajstić information content (AvgIpc) is 2.40. The molecule has 1 aliphatic heterocycles. The van der Waals surface area contributed by atoms with Crippen molar-refractivity contribution < 1.29 is 9.47 Å². The Hall–Kier alpha value is -1.96. The van der Waals surface area contributed by atoms with Crippen LogP contribution in [0.15, 0.2) is 48.5 Å². The molecule has 0 bridgehead atoms. The molecule has 2 heteroatoms. The van der Waals surface area contributed by atoms with Gasteiger partial charge in [-0.2, -0.15) is 0 Å². The van der Waals surface area contributed by atoms with Gasteiger partial charge >= 0.3 is 0 Å². The molecule has 2 nitrogen and oxygen atoms in total. The largest absolute Gasteiger partial charge is 0.486 e. The highest BCUT2D eigenvalue weighted by Crippen LogP contribution is 2.31. The van der Waals surface area contributed by atoms with Crippen LogP contribution in [-0.2, 0) is 6.42 Å². The summed E-state index contributed by atoms with van der Waals surface area (Å²) in [6.45, 7) is 1.28. The first-order valence-electron chi connectivity index (χ1n) is 5.84. The number of benzene rings is 2. The standard InChI is InChI=1S/C15H14O2/c1-2-4-12(5-3-1)10-13-6-7-14-15(11-13)17-9-8-16-14/h1-7,11H,8-10H2. The van der Waals surface area contributed by atoms with Gasteiger partial charge in [0.15, 0.2) is 11.5 Å². The highest BCUT2D eigenvalue weighted by Gasteiger charge is 2.11. The van der Waals surface area contributed by atoms with Gasteiger partial charge in [0.1, 0.15) is 13.2 Å². The maximum atomic E-state index is 5.58. The summed E-state index contributed by atoms with van der Waals surface area (Å²) in [6, 6.07) is 16.6. The highest BCUT2D eigenvalue weighted by atomic mass is 16.6. The van der Waals surface area contributed by atoms with Gasteiger partial charge in [-0.15, -0.1) is 0 Å². The zero-order chi connectivity index (χ0) is 11.5. The summed E-state index contributed by atoms with van der Waals surface area (Å²) in [4.78, 5) is 0. The quantitative estimate of drug-likeness (QED) is 0.783. The maximum Gasteiger partial charge on any atom is 0.161 e. The van der Waals surface area contributed by atoms with Crippen LogP contribution in [-0.4, -0.2) is 13.2 Å². The lowest BCUT2D eigenvalue weighted by Crippen LogP contribution is -2.15.